The minimum atomic E-state index is -4.72. The Kier molecular flexibility index (Phi) is 2.81. The summed E-state index contributed by atoms with van der Waals surface area (Å²) in [7, 11) is 0. The van der Waals surface area contributed by atoms with Crippen molar-refractivity contribution in [1.82, 2.24) is 0 Å². The lowest BCUT2D eigenvalue weighted by atomic mass is 10.1. The smallest absolute Gasteiger partial charge is 0.398 e. The maximum absolute atomic E-state index is 12.4. The highest BCUT2D eigenvalue weighted by Crippen LogP contribution is 2.39. The van der Waals surface area contributed by atoms with Gasteiger partial charge in [0.15, 0.2) is 0 Å². The van der Waals surface area contributed by atoms with Crippen LogP contribution in [0.3, 0.4) is 0 Å². The molecule has 0 fully saturated rings. The van der Waals surface area contributed by atoms with E-state index >= 15 is 0 Å². The van der Waals surface area contributed by atoms with Crippen LogP contribution in [0.5, 0.6) is 0 Å². The fourth-order valence-corrected chi connectivity index (χ4v) is 1.37. The lowest BCUT2D eigenvalue weighted by Gasteiger charge is -2.13. The highest BCUT2D eigenvalue weighted by atomic mass is 35.5. The quantitative estimate of drug-likeness (QED) is 0.735. The first kappa shape index (κ1) is 11.6. The summed E-state index contributed by atoms with van der Waals surface area (Å²) in [5, 5.41) is -0.565. The molecule has 82 valence electrons. The molecule has 4 N–H and O–H groups in total. The van der Waals surface area contributed by atoms with E-state index in [9.17, 15) is 18.0 Å². The summed E-state index contributed by atoms with van der Waals surface area (Å²) in [4.78, 5) is 10.7. The topological polar surface area (TPSA) is 69.1 Å². The lowest BCUT2D eigenvalue weighted by Crippen LogP contribution is -2.18. The molecule has 0 aromatic heterocycles. The molecule has 1 amide bonds. The molecular formula is C8H6ClF3N2O. The highest BCUT2D eigenvalue weighted by Gasteiger charge is 2.36. The summed E-state index contributed by atoms with van der Waals surface area (Å²) >= 11 is 5.34. The predicted octanol–water partition coefficient (Wildman–Crippen LogP) is 2.04. The van der Waals surface area contributed by atoms with Crippen molar-refractivity contribution in [3.05, 3.63) is 28.3 Å². The van der Waals surface area contributed by atoms with E-state index in [-0.39, 0.29) is 0 Å². The van der Waals surface area contributed by atoms with E-state index in [4.69, 9.17) is 23.1 Å². The number of amides is 1. The van der Waals surface area contributed by atoms with Gasteiger partial charge in [0.05, 0.1) is 21.8 Å². The van der Waals surface area contributed by atoms with Crippen molar-refractivity contribution in [2.24, 2.45) is 5.73 Å². The van der Waals surface area contributed by atoms with E-state index in [1.165, 1.54) is 0 Å². The fraction of sp³-hybridized carbons (Fsp3) is 0.125. The number of nitrogens with two attached hydrogens (primary N) is 2. The van der Waals surface area contributed by atoms with Gasteiger partial charge in [-0.15, -0.1) is 0 Å². The number of alkyl halides is 3. The van der Waals surface area contributed by atoms with Gasteiger partial charge in [0.1, 0.15) is 0 Å². The molecule has 0 atom stereocenters. The van der Waals surface area contributed by atoms with Crippen LogP contribution in [-0.2, 0) is 6.18 Å². The minimum absolute atomic E-state index is 0.397. The summed E-state index contributed by atoms with van der Waals surface area (Å²) in [6, 6.07) is 1.98. The van der Waals surface area contributed by atoms with E-state index in [2.05, 4.69) is 0 Å². The second-order valence-electron chi connectivity index (χ2n) is 2.75. The molecule has 0 spiro atoms. The van der Waals surface area contributed by atoms with Crippen molar-refractivity contribution in [2.45, 2.75) is 6.18 Å². The SMILES string of the molecule is NC(=O)c1ccc(Cl)c(C(F)(F)F)c1N. The second kappa shape index (κ2) is 3.62. The lowest BCUT2D eigenvalue weighted by molar-refractivity contribution is -0.136. The molecule has 0 bridgehead atoms. The largest absolute Gasteiger partial charge is 0.419 e. The zero-order valence-corrected chi connectivity index (χ0v) is 7.99. The third kappa shape index (κ3) is 2.15. The zero-order valence-electron chi connectivity index (χ0n) is 7.23. The van der Waals surface area contributed by atoms with Crippen LogP contribution in [0.25, 0.3) is 0 Å². The number of primary amides is 1. The molecule has 1 aromatic carbocycles. The van der Waals surface area contributed by atoms with Crippen LogP contribution >= 0.6 is 11.6 Å². The number of nitrogen functional groups attached to an aromatic ring is 1. The van der Waals surface area contributed by atoms with Crippen molar-refractivity contribution < 1.29 is 18.0 Å². The predicted molar refractivity (Wildman–Crippen MR) is 49.4 cm³/mol. The van der Waals surface area contributed by atoms with Crippen molar-refractivity contribution in [2.75, 3.05) is 5.73 Å². The maximum atomic E-state index is 12.4. The average Bonchev–Trinajstić information content (AvgIpc) is 2.00. The molecule has 7 heteroatoms. The number of halogens is 4. The second-order valence-corrected chi connectivity index (χ2v) is 3.15. The molecule has 0 aliphatic rings. The Balaban J connectivity index is 3.51. The molecule has 0 aliphatic heterocycles. The number of carbonyl (C=O) groups excluding carboxylic acids is 1. The Labute approximate surface area is 87.8 Å². The number of rotatable bonds is 1. The molecule has 3 nitrogen and oxygen atoms in total. The summed E-state index contributed by atoms with van der Waals surface area (Å²) in [5.41, 5.74) is 7.63. The number of hydrogen-bond donors (Lipinski definition) is 2. The van der Waals surface area contributed by atoms with Crippen LogP contribution in [0.4, 0.5) is 18.9 Å². The molecule has 15 heavy (non-hydrogen) atoms. The Morgan fingerprint density at radius 3 is 2.27 bits per heavy atom. The average molecular weight is 239 g/mol. The number of hydrogen-bond acceptors (Lipinski definition) is 2. The molecule has 0 saturated heterocycles. The van der Waals surface area contributed by atoms with Gasteiger partial charge in [0.2, 0.25) is 0 Å². The highest BCUT2D eigenvalue weighted by molar-refractivity contribution is 6.32. The molecule has 0 heterocycles. The third-order valence-electron chi connectivity index (χ3n) is 1.74. The number of carbonyl (C=O) groups is 1. The molecule has 1 rings (SSSR count). The van der Waals surface area contributed by atoms with E-state index in [0.717, 1.165) is 12.1 Å². The van der Waals surface area contributed by atoms with Crippen LogP contribution < -0.4 is 11.5 Å². The third-order valence-corrected chi connectivity index (χ3v) is 2.06. The first-order valence-corrected chi connectivity index (χ1v) is 4.08. The molecule has 0 radical (unpaired) electrons. The van der Waals surface area contributed by atoms with Crippen molar-refractivity contribution >= 4 is 23.2 Å². The Hall–Kier alpha value is -1.43. The summed E-state index contributed by atoms with van der Waals surface area (Å²) in [5.74, 6) is -1.03. The minimum Gasteiger partial charge on any atom is -0.398 e. The van der Waals surface area contributed by atoms with Crippen molar-refractivity contribution in [3.8, 4) is 0 Å². The van der Waals surface area contributed by atoms with Gasteiger partial charge in [-0.1, -0.05) is 11.6 Å². The van der Waals surface area contributed by atoms with E-state index in [1.54, 1.807) is 0 Å². The van der Waals surface area contributed by atoms with E-state index < -0.39 is 33.9 Å². The standard InChI is InChI=1S/C8H6ClF3N2O/c9-4-2-1-3(7(14)15)6(13)5(4)8(10,11)12/h1-2H,13H2,(H2,14,15). The summed E-state index contributed by atoms with van der Waals surface area (Å²) < 4.78 is 37.3. The summed E-state index contributed by atoms with van der Waals surface area (Å²) in [6.07, 6.45) is -4.72. The van der Waals surface area contributed by atoms with Gasteiger partial charge in [-0.25, -0.2) is 0 Å². The molecule has 0 saturated carbocycles. The first-order valence-electron chi connectivity index (χ1n) is 3.70. The molecule has 0 unspecified atom stereocenters. The monoisotopic (exact) mass is 238 g/mol. The zero-order chi connectivity index (χ0) is 11.8. The van der Waals surface area contributed by atoms with Crippen LogP contribution in [-0.4, -0.2) is 5.91 Å². The Bertz CT molecular complexity index is 417. The van der Waals surface area contributed by atoms with Crippen LogP contribution in [0.2, 0.25) is 5.02 Å². The first-order chi connectivity index (χ1) is 6.75. The molecule has 1 aromatic rings. The molecule has 0 aliphatic carbocycles. The van der Waals surface area contributed by atoms with Crippen molar-refractivity contribution in [1.29, 1.82) is 0 Å². The Morgan fingerprint density at radius 2 is 1.87 bits per heavy atom. The van der Waals surface area contributed by atoms with Gasteiger partial charge in [-0.2, -0.15) is 13.2 Å². The van der Waals surface area contributed by atoms with Crippen LogP contribution in [0.15, 0.2) is 12.1 Å². The van der Waals surface area contributed by atoms with Gasteiger partial charge in [-0.3, -0.25) is 4.79 Å². The van der Waals surface area contributed by atoms with Gasteiger partial charge >= 0.3 is 6.18 Å². The van der Waals surface area contributed by atoms with E-state index in [1.807, 2.05) is 0 Å². The van der Waals surface area contributed by atoms with Gasteiger partial charge in [-0.05, 0) is 12.1 Å². The molecular weight excluding hydrogens is 233 g/mol. The number of anilines is 1. The Morgan fingerprint density at radius 1 is 1.33 bits per heavy atom. The van der Waals surface area contributed by atoms with E-state index in [0.29, 0.717) is 0 Å². The number of benzene rings is 1. The van der Waals surface area contributed by atoms with Crippen molar-refractivity contribution in [3.63, 3.8) is 0 Å². The summed E-state index contributed by atoms with van der Waals surface area (Å²) in [6.45, 7) is 0. The fourth-order valence-electron chi connectivity index (χ4n) is 1.10. The van der Waals surface area contributed by atoms with Gasteiger partial charge in [0.25, 0.3) is 5.91 Å². The van der Waals surface area contributed by atoms with Crippen LogP contribution in [0.1, 0.15) is 15.9 Å². The van der Waals surface area contributed by atoms with Crippen LogP contribution in [0, 0.1) is 0 Å². The van der Waals surface area contributed by atoms with Gasteiger partial charge < -0.3 is 11.5 Å². The maximum Gasteiger partial charge on any atom is 0.419 e. The normalized spacial score (nSPS) is 11.5. The van der Waals surface area contributed by atoms with Gasteiger partial charge in [0, 0.05) is 0 Å².